The zero-order valence-electron chi connectivity index (χ0n) is 11.8. The van der Waals surface area contributed by atoms with Gasteiger partial charge in [-0.05, 0) is 30.9 Å². The number of benzene rings is 1. The van der Waals surface area contributed by atoms with Gasteiger partial charge >= 0.3 is 0 Å². The van der Waals surface area contributed by atoms with Gasteiger partial charge in [0.05, 0.1) is 0 Å². The van der Waals surface area contributed by atoms with Gasteiger partial charge in [-0.3, -0.25) is 4.79 Å². The highest BCUT2D eigenvalue weighted by molar-refractivity contribution is 5.81. The highest BCUT2D eigenvalue weighted by Gasteiger charge is 2.32. The van der Waals surface area contributed by atoms with E-state index in [4.69, 9.17) is 0 Å². The number of nitrogens with zero attached hydrogens (tertiary/aromatic N) is 2. The Balaban J connectivity index is 1.97. The van der Waals surface area contributed by atoms with Gasteiger partial charge in [0.1, 0.15) is 11.9 Å². The molecule has 0 bridgehead atoms. The predicted octanol–water partition coefficient (Wildman–Crippen LogP) is 2.34. The van der Waals surface area contributed by atoms with Crippen molar-refractivity contribution in [2.75, 3.05) is 0 Å². The summed E-state index contributed by atoms with van der Waals surface area (Å²) in [6.07, 6.45) is 5.69. The maximum atomic E-state index is 12.2. The molecular weight excluding hydrogens is 250 g/mol. The van der Waals surface area contributed by atoms with Crippen LogP contribution in [0.2, 0.25) is 0 Å². The molecule has 1 aromatic carbocycles. The molecule has 1 amide bonds. The summed E-state index contributed by atoms with van der Waals surface area (Å²) >= 11 is 0. The zero-order valence-corrected chi connectivity index (χ0v) is 11.8. The van der Waals surface area contributed by atoms with E-state index in [0.717, 1.165) is 29.8 Å². The van der Waals surface area contributed by atoms with Crippen molar-refractivity contribution in [2.45, 2.75) is 25.8 Å². The summed E-state index contributed by atoms with van der Waals surface area (Å²) in [6, 6.07) is 7.96. The molecule has 0 aliphatic heterocycles. The number of hydrogen-bond donors (Lipinski definition) is 1. The van der Waals surface area contributed by atoms with Crippen LogP contribution in [-0.2, 0) is 11.8 Å². The number of carbonyl (C=O) groups excluding carboxylic acids is 1. The van der Waals surface area contributed by atoms with E-state index in [-0.39, 0.29) is 17.9 Å². The summed E-state index contributed by atoms with van der Waals surface area (Å²) in [5.74, 6) is 1.20. The number of carbonyl (C=O) groups is 1. The molecule has 1 fully saturated rings. The second kappa shape index (κ2) is 5.12. The van der Waals surface area contributed by atoms with Gasteiger partial charge < -0.3 is 9.88 Å². The van der Waals surface area contributed by atoms with Crippen LogP contribution >= 0.6 is 0 Å². The van der Waals surface area contributed by atoms with Gasteiger partial charge in [0, 0.05) is 25.4 Å². The lowest BCUT2D eigenvalue weighted by molar-refractivity contribution is -0.122. The Labute approximate surface area is 118 Å². The predicted molar refractivity (Wildman–Crippen MR) is 77.1 cm³/mol. The largest absolute Gasteiger partial charge is 0.342 e. The number of imidazole rings is 1. The van der Waals surface area contributed by atoms with Crippen molar-refractivity contribution < 1.29 is 4.79 Å². The van der Waals surface area contributed by atoms with E-state index in [1.165, 1.54) is 0 Å². The Morgan fingerprint density at radius 3 is 2.75 bits per heavy atom. The topological polar surface area (TPSA) is 46.9 Å². The van der Waals surface area contributed by atoms with Crippen molar-refractivity contribution in [2.24, 2.45) is 13.0 Å². The number of amides is 1. The highest BCUT2D eigenvalue weighted by Crippen LogP contribution is 2.31. The molecule has 0 spiro atoms. The maximum Gasteiger partial charge on any atom is 0.223 e. The number of hydrogen-bond acceptors (Lipinski definition) is 2. The molecule has 4 nitrogen and oxygen atoms in total. The lowest BCUT2D eigenvalue weighted by Gasteiger charge is -2.21. The Morgan fingerprint density at radius 1 is 1.40 bits per heavy atom. The first kappa shape index (κ1) is 12.9. The molecule has 1 heterocycles. The molecular formula is C16H19N3O. The smallest absolute Gasteiger partial charge is 0.223 e. The maximum absolute atomic E-state index is 12.2. The van der Waals surface area contributed by atoms with Crippen molar-refractivity contribution in [3.8, 4) is 0 Å². The Morgan fingerprint density at radius 2 is 2.15 bits per heavy atom. The van der Waals surface area contributed by atoms with Crippen molar-refractivity contribution in [3.05, 3.63) is 53.6 Å². The fourth-order valence-corrected chi connectivity index (χ4v) is 2.45. The summed E-state index contributed by atoms with van der Waals surface area (Å²) in [5, 5.41) is 3.16. The quantitative estimate of drug-likeness (QED) is 0.926. The molecule has 1 atom stereocenters. The van der Waals surface area contributed by atoms with Crippen LogP contribution in [0.3, 0.4) is 0 Å². The minimum absolute atomic E-state index is 0.140. The lowest BCUT2D eigenvalue weighted by atomic mass is 10.0. The second-order valence-corrected chi connectivity index (χ2v) is 5.47. The molecule has 1 aromatic heterocycles. The van der Waals surface area contributed by atoms with Crippen molar-refractivity contribution in [1.29, 1.82) is 0 Å². The number of nitrogens with one attached hydrogen (secondary N) is 1. The third-order valence-electron chi connectivity index (χ3n) is 3.85. The molecule has 1 saturated carbocycles. The number of rotatable bonds is 4. The molecule has 3 rings (SSSR count). The van der Waals surface area contributed by atoms with Crippen molar-refractivity contribution in [1.82, 2.24) is 14.9 Å². The van der Waals surface area contributed by atoms with Crippen molar-refractivity contribution in [3.63, 3.8) is 0 Å². The van der Waals surface area contributed by atoms with Gasteiger partial charge in [-0.15, -0.1) is 0 Å². The first-order chi connectivity index (χ1) is 9.66. The standard InChI is InChI=1S/C16H19N3O/c1-11-5-3-4-6-13(11)14(15-17-9-10-19(15)2)18-16(20)12-7-8-12/h3-6,9-10,12,14H,7-8H2,1-2H3,(H,18,20). The zero-order chi connectivity index (χ0) is 14.1. The van der Waals surface area contributed by atoms with Gasteiger partial charge in [0.25, 0.3) is 0 Å². The lowest BCUT2D eigenvalue weighted by Crippen LogP contribution is -2.32. The average Bonchev–Trinajstić information content (AvgIpc) is 3.20. The average molecular weight is 269 g/mol. The van der Waals surface area contributed by atoms with Crippen LogP contribution in [0.5, 0.6) is 0 Å². The van der Waals surface area contributed by atoms with Gasteiger partial charge in [-0.2, -0.15) is 0 Å². The van der Waals surface area contributed by atoms with E-state index in [9.17, 15) is 4.79 Å². The molecule has 1 aliphatic carbocycles. The molecule has 4 heteroatoms. The highest BCUT2D eigenvalue weighted by atomic mass is 16.2. The van der Waals surface area contributed by atoms with Gasteiger partial charge in [0.2, 0.25) is 5.91 Å². The van der Waals surface area contributed by atoms with E-state index in [1.807, 2.05) is 29.9 Å². The van der Waals surface area contributed by atoms with E-state index in [2.05, 4.69) is 29.4 Å². The third kappa shape index (κ3) is 2.46. The molecule has 1 aliphatic rings. The van der Waals surface area contributed by atoms with E-state index < -0.39 is 0 Å². The Bertz CT molecular complexity index is 628. The van der Waals surface area contributed by atoms with Crippen LogP contribution in [-0.4, -0.2) is 15.5 Å². The molecule has 1 N–H and O–H groups in total. The monoisotopic (exact) mass is 269 g/mol. The first-order valence-electron chi connectivity index (χ1n) is 7.00. The summed E-state index contributed by atoms with van der Waals surface area (Å²) < 4.78 is 1.96. The molecule has 0 saturated heterocycles. The van der Waals surface area contributed by atoms with Crippen LogP contribution in [0.15, 0.2) is 36.7 Å². The third-order valence-corrected chi connectivity index (χ3v) is 3.85. The SMILES string of the molecule is Cc1ccccc1C(NC(=O)C1CC1)c1nccn1C. The Hall–Kier alpha value is -2.10. The van der Waals surface area contributed by atoms with Crippen LogP contribution in [0.1, 0.15) is 35.8 Å². The van der Waals surface area contributed by atoms with E-state index in [0.29, 0.717) is 0 Å². The molecule has 1 unspecified atom stereocenters. The van der Waals surface area contributed by atoms with Gasteiger partial charge in [-0.1, -0.05) is 24.3 Å². The summed E-state index contributed by atoms with van der Waals surface area (Å²) in [5.41, 5.74) is 2.27. The minimum atomic E-state index is -0.177. The van der Waals surface area contributed by atoms with Gasteiger partial charge in [0.15, 0.2) is 0 Å². The summed E-state index contributed by atoms with van der Waals surface area (Å²) in [6.45, 7) is 2.06. The minimum Gasteiger partial charge on any atom is -0.342 e. The summed E-state index contributed by atoms with van der Waals surface area (Å²) in [4.78, 5) is 16.6. The molecule has 2 aromatic rings. The molecule has 104 valence electrons. The van der Waals surface area contributed by atoms with E-state index >= 15 is 0 Å². The Kier molecular flexibility index (Phi) is 3.30. The van der Waals surface area contributed by atoms with Crippen LogP contribution in [0, 0.1) is 12.8 Å². The van der Waals surface area contributed by atoms with Crippen LogP contribution in [0.4, 0.5) is 0 Å². The fraction of sp³-hybridized carbons (Fsp3) is 0.375. The van der Waals surface area contributed by atoms with Crippen LogP contribution in [0.25, 0.3) is 0 Å². The number of aromatic nitrogens is 2. The summed E-state index contributed by atoms with van der Waals surface area (Å²) in [7, 11) is 1.96. The van der Waals surface area contributed by atoms with Gasteiger partial charge in [-0.25, -0.2) is 4.98 Å². The molecule has 20 heavy (non-hydrogen) atoms. The number of aryl methyl sites for hydroxylation is 2. The normalized spacial score (nSPS) is 15.9. The van der Waals surface area contributed by atoms with E-state index in [1.54, 1.807) is 6.20 Å². The first-order valence-corrected chi connectivity index (χ1v) is 7.00. The van der Waals surface area contributed by atoms with Crippen LogP contribution < -0.4 is 5.32 Å². The molecule has 0 radical (unpaired) electrons. The second-order valence-electron chi connectivity index (χ2n) is 5.47. The fourth-order valence-electron chi connectivity index (χ4n) is 2.45. The van der Waals surface area contributed by atoms with Crippen molar-refractivity contribution >= 4 is 5.91 Å².